The van der Waals surface area contributed by atoms with E-state index in [0.717, 1.165) is 17.0 Å². The fraction of sp³-hybridized carbons (Fsp3) is 0.130. The van der Waals surface area contributed by atoms with Crippen LogP contribution in [0.1, 0.15) is 11.1 Å². The first kappa shape index (κ1) is 19.6. The van der Waals surface area contributed by atoms with E-state index < -0.39 is 17.3 Å². The monoisotopic (exact) mass is 410 g/mol. The van der Waals surface area contributed by atoms with Gasteiger partial charge in [0.05, 0.1) is 12.7 Å². The summed E-state index contributed by atoms with van der Waals surface area (Å²) in [6.45, 7) is 0.455. The number of hydrogen-bond acceptors (Lipinski definition) is 4. The van der Waals surface area contributed by atoms with Crippen LogP contribution < -0.4 is 19.7 Å². The van der Waals surface area contributed by atoms with E-state index >= 15 is 0 Å². The average molecular weight is 410 g/mol. The van der Waals surface area contributed by atoms with Gasteiger partial charge in [0.15, 0.2) is 42.1 Å². The second-order valence-electron chi connectivity index (χ2n) is 6.68. The lowest BCUT2D eigenvalue weighted by Crippen LogP contribution is -2.33. The van der Waals surface area contributed by atoms with Crippen LogP contribution >= 0.6 is 0 Å². The summed E-state index contributed by atoms with van der Waals surface area (Å²) >= 11 is 0. The van der Waals surface area contributed by atoms with Gasteiger partial charge >= 0.3 is 5.63 Å². The van der Waals surface area contributed by atoms with E-state index in [1.54, 1.807) is 41.2 Å². The fourth-order valence-corrected chi connectivity index (χ4v) is 3.07. The van der Waals surface area contributed by atoms with Gasteiger partial charge in [-0.2, -0.15) is 0 Å². The number of fused-ring (bicyclic) bond motifs is 1. The Labute approximate surface area is 170 Å². The predicted molar refractivity (Wildman–Crippen MR) is 105 cm³/mol. The number of aromatic nitrogens is 1. The molecule has 5 nitrogen and oxygen atoms in total. The lowest BCUT2D eigenvalue weighted by atomic mass is 10.2. The molecule has 0 atom stereocenters. The van der Waals surface area contributed by atoms with Crippen LogP contribution in [0.2, 0.25) is 0 Å². The van der Waals surface area contributed by atoms with Gasteiger partial charge in [0, 0.05) is 35.2 Å². The minimum absolute atomic E-state index is 0.211. The van der Waals surface area contributed by atoms with Crippen molar-refractivity contribution < 1.29 is 27.2 Å². The van der Waals surface area contributed by atoms with Crippen LogP contribution in [0.25, 0.3) is 11.0 Å². The van der Waals surface area contributed by atoms with Crippen LogP contribution in [0.15, 0.2) is 76.2 Å². The van der Waals surface area contributed by atoms with Gasteiger partial charge in [-0.3, -0.25) is 0 Å². The summed E-state index contributed by atoms with van der Waals surface area (Å²) in [4.78, 5) is 11.4. The van der Waals surface area contributed by atoms with Gasteiger partial charge in [0.25, 0.3) is 0 Å². The molecule has 0 saturated heterocycles. The van der Waals surface area contributed by atoms with E-state index in [4.69, 9.17) is 13.9 Å². The molecule has 0 N–H and O–H groups in total. The molecule has 30 heavy (non-hydrogen) atoms. The molecule has 0 aliphatic rings. The zero-order valence-electron chi connectivity index (χ0n) is 16.1. The minimum Gasteiger partial charge on any atom is -0.493 e. The Morgan fingerprint density at radius 1 is 1.00 bits per heavy atom. The molecule has 2 aromatic heterocycles. The number of nitrogens with zero attached hydrogens (tertiary/aromatic N) is 1. The number of halogens is 2. The van der Waals surface area contributed by atoms with E-state index in [2.05, 4.69) is 0 Å². The second-order valence-corrected chi connectivity index (χ2v) is 6.68. The van der Waals surface area contributed by atoms with E-state index in [1.165, 1.54) is 19.2 Å². The number of methoxy groups -OCH3 is 1. The van der Waals surface area contributed by atoms with Crippen molar-refractivity contribution in [3.63, 3.8) is 0 Å². The third-order valence-corrected chi connectivity index (χ3v) is 4.64. The molecule has 0 aliphatic heterocycles. The van der Waals surface area contributed by atoms with Crippen molar-refractivity contribution in [3.05, 3.63) is 100 Å². The Balaban J connectivity index is 1.49. The van der Waals surface area contributed by atoms with Crippen LogP contribution in [0.3, 0.4) is 0 Å². The molecule has 0 amide bonds. The average Bonchev–Trinajstić information content (AvgIpc) is 2.75. The molecule has 0 aliphatic carbocycles. The van der Waals surface area contributed by atoms with Crippen LogP contribution in [-0.4, -0.2) is 7.11 Å². The van der Waals surface area contributed by atoms with Gasteiger partial charge in [-0.15, -0.1) is 0 Å². The van der Waals surface area contributed by atoms with Gasteiger partial charge in [-0.1, -0.05) is 6.07 Å². The van der Waals surface area contributed by atoms with Crippen LogP contribution in [-0.2, 0) is 13.2 Å². The van der Waals surface area contributed by atoms with Crippen molar-refractivity contribution in [2.75, 3.05) is 7.11 Å². The molecule has 0 fully saturated rings. The first-order valence-electron chi connectivity index (χ1n) is 9.19. The topological polar surface area (TPSA) is 52.6 Å². The molecule has 0 spiro atoms. The molecule has 0 saturated carbocycles. The maximum absolute atomic E-state index is 13.8. The largest absolute Gasteiger partial charge is 0.493 e. The number of rotatable bonds is 6. The standard InChI is InChI=1S/C23H18F2NO4/c1-28-20-11-16-5-6-22(27)30-19(16)12-21(20)29-14-15-7-9-26(10-8-15)13-17-3-2-4-18(24)23(17)25/h2-12H,13-14H2,1H3/q+1. The molecule has 4 aromatic rings. The zero-order valence-corrected chi connectivity index (χ0v) is 16.1. The van der Waals surface area contributed by atoms with E-state index in [0.29, 0.717) is 17.1 Å². The van der Waals surface area contributed by atoms with Crippen molar-refractivity contribution in [2.24, 2.45) is 0 Å². The Morgan fingerprint density at radius 2 is 1.80 bits per heavy atom. The number of hydrogen-bond donors (Lipinski definition) is 0. The molecule has 2 aromatic carbocycles. The Bertz CT molecular complexity index is 1250. The summed E-state index contributed by atoms with van der Waals surface area (Å²) < 4.78 is 45.3. The summed E-state index contributed by atoms with van der Waals surface area (Å²) in [5, 5.41) is 0.726. The lowest BCUT2D eigenvalue weighted by molar-refractivity contribution is -0.688. The summed E-state index contributed by atoms with van der Waals surface area (Å²) in [6.07, 6.45) is 3.53. The van der Waals surface area contributed by atoms with Gasteiger partial charge in [-0.05, 0) is 24.3 Å². The Kier molecular flexibility index (Phi) is 5.43. The summed E-state index contributed by atoms with van der Waals surface area (Å²) in [5.74, 6) is -0.743. The molecule has 152 valence electrons. The maximum Gasteiger partial charge on any atom is 0.336 e. The summed E-state index contributed by atoms with van der Waals surface area (Å²) in [5.41, 5.74) is 1.09. The van der Waals surface area contributed by atoms with Gasteiger partial charge in [-0.25, -0.2) is 18.1 Å². The van der Waals surface area contributed by atoms with Gasteiger partial charge in [0.2, 0.25) is 0 Å². The van der Waals surface area contributed by atoms with Crippen molar-refractivity contribution in [3.8, 4) is 11.5 Å². The fourth-order valence-electron chi connectivity index (χ4n) is 3.07. The SMILES string of the molecule is COc1cc2ccc(=O)oc2cc1OCc1cc[n+](Cc2cccc(F)c2F)cc1. The predicted octanol–water partition coefficient (Wildman–Crippen LogP) is 3.99. The van der Waals surface area contributed by atoms with Crippen LogP contribution in [0.5, 0.6) is 11.5 Å². The van der Waals surface area contributed by atoms with Crippen LogP contribution in [0.4, 0.5) is 8.78 Å². The first-order chi connectivity index (χ1) is 14.5. The van der Waals surface area contributed by atoms with Gasteiger partial charge in [0.1, 0.15) is 12.2 Å². The molecule has 4 rings (SSSR count). The lowest BCUT2D eigenvalue weighted by Gasteiger charge is -2.11. The third kappa shape index (κ3) is 4.15. The van der Waals surface area contributed by atoms with Gasteiger partial charge < -0.3 is 13.9 Å². The highest BCUT2D eigenvalue weighted by atomic mass is 19.2. The smallest absolute Gasteiger partial charge is 0.336 e. The molecule has 7 heteroatoms. The molecular weight excluding hydrogens is 392 g/mol. The number of benzene rings is 2. The van der Waals surface area contributed by atoms with E-state index in [1.807, 2.05) is 12.1 Å². The van der Waals surface area contributed by atoms with E-state index in [9.17, 15) is 13.6 Å². The highest BCUT2D eigenvalue weighted by Gasteiger charge is 2.13. The summed E-state index contributed by atoms with van der Waals surface area (Å²) in [6, 6.07) is 14.1. The highest BCUT2D eigenvalue weighted by Crippen LogP contribution is 2.32. The first-order valence-corrected chi connectivity index (χ1v) is 9.19. The normalized spacial score (nSPS) is 10.9. The van der Waals surface area contributed by atoms with Crippen molar-refractivity contribution in [2.45, 2.75) is 13.2 Å². The quantitative estimate of drug-likeness (QED) is 0.356. The Hall–Kier alpha value is -3.74. The Morgan fingerprint density at radius 3 is 2.57 bits per heavy atom. The third-order valence-electron chi connectivity index (χ3n) is 4.64. The number of pyridine rings is 1. The zero-order chi connectivity index (χ0) is 21.1. The second kappa shape index (κ2) is 8.32. The summed E-state index contributed by atoms with van der Waals surface area (Å²) in [7, 11) is 1.53. The molecular formula is C23H18F2NO4+. The molecule has 2 heterocycles. The molecule has 0 bridgehead atoms. The number of ether oxygens (including phenoxy) is 2. The van der Waals surface area contributed by atoms with Crippen molar-refractivity contribution >= 4 is 11.0 Å². The molecule has 0 radical (unpaired) electrons. The minimum atomic E-state index is -0.863. The van der Waals surface area contributed by atoms with Crippen LogP contribution in [0, 0.1) is 11.6 Å². The van der Waals surface area contributed by atoms with E-state index in [-0.39, 0.29) is 18.7 Å². The van der Waals surface area contributed by atoms with Crippen molar-refractivity contribution in [1.82, 2.24) is 0 Å². The highest BCUT2D eigenvalue weighted by molar-refractivity contribution is 5.80. The maximum atomic E-state index is 13.8. The van der Waals surface area contributed by atoms with Crippen molar-refractivity contribution in [1.29, 1.82) is 0 Å². The molecule has 0 unspecified atom stereocenters.